The van der Waals surface area contributed by atoms with Crippen LogP contribution in [0, 0.1) is 11.6 Å². The quantitative estimate of drug-likeness (QED) is 0.891. The second-order valence-electron chi connectivity index (χ2n) is 4.88. The molecule has 3 nitrogen and oxygen atoms in total. The van der Waals surface area contributed by atoms with Crippen molar-refractivity contribution >= 4 is 5.91 Å². The molecule has 0 heterocycles. The molecular formula is C14H19F2NO2. The first kappa shape index (κ1) is 15.6. The highest BCUT2D eigenvalue weighted by molar-refractivity contribution is 5.79. The van der Waals surface area contributed by atoms with Crippen LogP contribution in [0.2, 0.25) is 0 Å². The second-order valence-corrected chi connectivity index (χ2v) is 4.88. The summed E-state index contributed by atoms with van der Waals surface area (Å²) in [6.45, 7) is 5.36. The van der Waals surface area contributed by atoms with Crippen LogP contribution < -0.4 is 0 Å². The van der Waals surface area contributed by atoms with Crippen LogP contribution in [-0.4, -0.2) is 34.6 Å². The summed E-state index contributed by atoms with van der Waals surface area (Å²) >= 11 is 0. The van der Waals surface area contributed by atoms with Crippen molar-refractivity contribution in [3.63, 3.8) is 0 Å². The molecule has 0 aliphatic heterocycles. The first-order valence-corrected chi connectivity index (χ1v) is 6.23. The summed E-state index contributed by atoms with van der Waals surface area (Å²) in [5.74, 6) is -2.28. The number of carbonyl (C=O) groups is 1. The van der Waals surface area contributed by atoms with E-state index in [1.807, 2.05) is 13.8 Å². The Hall–Kier alpha value is -1.49. The van der Waals surface area contributed by atoms with Gasteiger partial charge in [-0.3, -0.25) is 4.79 Å². The third-order valence-corrected chi connectivity index (χ3v) is 2.78. The smallest absolute Gasteiger partial charge is 0.227 e. The molecule has 0 aliphatic carbocycles. The number of rotatable bonds is 5. The predicted octanol–water partition coefficient (Wildman–Crippen LogP) is 2.13. The first-order valence-electron chi connectivity index (χ1n) is 6.23. The van der Waals surface area contributed by atoms with Crippen LogP contribution >= 0.6 is 0 Å². The van der Waals surface area contributed by atoms with E-state index in [1.165, 1.54) is 17.0 Å². The summed E-state index contributed by atoms with van der Waals surface area (Å²) in [4.78, 5) is 13.5. The molecule has 1 unspecified atom stereocenters. The van der Waals surface area contributed by atoms with Gasteiger partial charge in [0, 0.05) is 18.2 Å². The Labute approximate surface area is 111 Å². The second kappa shape index (κ2) is 6.61. The predicted molar refractivity (Wildman–Crippen MR) is 68.6 cm³/mol. The molecule has 1 atom stereocenters. The molecule has 1 aromatic carbocycles. The van der Waals surface area contributed by atoms with E-state index >= 15 is 0 Å². The number of aliphatic hydroxyl groups excluding tert-OH is 1. The van der Waals surface area contributed by atoms with Crippen LogP contribution in [0.5, 0.6) is 0 Å². The number of halogens is 2. The largest absolute Gasteiger partial charge is 0.392 e. The van der Waals surface area contributed by atoms with Crippen LogP contribution in [-0.2, 0) is 11.2 Å². The van der Waals surface area contributed by atoms with Crippen molar-refractivity contribution in [1.82, 2.24) is 4.90 Å². The number of hydrogen-bond acceptors (Lipinski definition) is 2. The minimum atomic E-state index is -0.989. The summed E-state index contributed by atoms with van der Waals surface area (Å²) in [5.41, 5.74) is 0.0289. The average molecular weight is 271 g/mol. The van der Waals surface area contributed by atoms with Crippen molar-refractivity contribution < 1.29 is 18.7 Å². The lowest BCUT2D eigenvalue weighted by Crippen LogP contribution is -2.42. The third-order valence-electron chi connectivity index (χ3n) is 2.78. The molecule has 0 saturated carbocycles. The zero-order valence-corrected chi connectivity index (χ0v) is 11.4. The lowest BCUT2D eigenvalue weighted by Gasteiger charge is -2.28. The van der Waals surface area contributed by atoms with Gasteiger partial charge in [0.25, 0.3) is 0 Å². The molecule has 5 heteroatoms. The van der Waals surface area contributed by atoms with Gasteiger partial charge in [0.1, 0.15) is 0 Å². The van der Waals surface area contributed by atoms with Gasteiger partial charge >= 0.3 is 0 Å². The summed E-state index contributed by atoms with van der Waals surface area (Å²) < 4.78 is 26.6. The molecule has 1 N–H and O–H groups in total. The van der Waals surface area contributed by atoms with E-state index in [1.54, 1.807) is 6.92 Å². The van der Waals surface area contributed by atoms with Gasteiger partial charge in [0.2, 0.25) is 5.91 Å². The highest BCUT2D eigenvalue weighted by Crippen LogP contribution is 2.14. The van der Waals surface area contributed by atoms with Crippen molar-refractivity contribution in [3.05, 3.63) is 35.4 Å². The first-order chi connectivity index (χ1) is 8.82. The lowest BCUT2D eigenvalue weighted by atomic mass is 10.1. The summed E-state index contributed by atoms with van der Waals surface area (Å²) in [5, 5.41) is 9.36. The Morgan fingerprint density at radius 2 is 1.95 bits per heavy atom. The number of amides is 1. The number of benzene rings is 1. The van der Waals surface area contributed by atoms with E-state index in [0.29, 0.717) is 0 Å². The van der Waals surface area contributed by atoms with E-state index in [0.717, 1.165) is 6.07 Å². The normalized spacial score (nSPS) is 12.6. The fraction of sp³-hybridized carbons (Fsp3) is 0.500. The molecule has 1 aromatic rings. The minimum Gasteiger partial charge on any atom is -0.392 e. The number of nitrogens with zero attached hydrogens (tertiary/aromatic N) is 1. The molecule has 1 amide bonds. The van der Waals surface area contributed by atoms with Crippen molar-refractivity contribution in [1.29, 1.82) is 0 Å². The maximum atomic E-state index is 13.5. The molecule has 0 bridgehead atoms. The van der Waals surface area contributed by atoms with Crippen LogP contribution in [0.25, 0.3) is 0 Å². The van der Waals surface area contributed by atoms with E-state index < -0.39 is 17.7 Å². The number of aliphatic hydroxyl groups is 1. The zero-order chi connectivity index (χ0) is 14.6. The zero-order valence-electron chi connectivity index (χ0n) is 11.4. The summed E-state index contributed by atoms with van der Waals surface area (Å²) in [6, 6.07) is 3.66. The Morgan fingerprint density at radius 3 is 2.47 bits per heavy atom. The minimum absolute atomic E-state index is 0.0289. The Bertz CT molecular complexity index is 447. The van der Waals surface area contributed by atoms with Crippen LogP contribution in [0.1, 0.15) is 26.3 Å². The maximum Gasteiger partial charge on any atom is 0.227 e. The van der Waals surface area contributed by atoms with Gasteiger partial charge in [0.05, 0.1) is 12.5 Å². The fourth-order valence-corrected chi connectivity index (χ4v) is 1.83. The van der Waals surface area contributed by atoms with Gasteiger partial charge in [-0.05, 0) is 26.8 Å². The van der Waals surface area contributed by atoms with Gasteiger partial charge in [-0.1, -0.05) is 12.1 Å². The number of carbonyl (C=O) groups excluding carboxylic acids is 1. The molecule has 1 rings (SSSR count). The number of hydrogen-bond donors (Lipinski definition) is 1. The van der Waals surface area contributed by atoms with Gasteiger partial charge in [-0.2, -0.15) is 0 Å². The SMILES string of the molecule is CC(O)CN(C(=O)Cc1cccc(F)c1F)C(C)C. The standard InChI is InChI=1S/C14H19F2NO2/c1-9(2)17(8-10(3)18)13(19)7-11-5-4-6-12(15)14(11)16/h4-6,9-10,18H,7-8H2,1-3H3. The topological polar surface area (TPSA) is 40.5 Å². The molecule has 0 aliphatic rings. The highest BCUT2D eigenvalue weighted by atomic mass is 19.2. The van der Waals surface area contributed by atoms with Crippen molar-refractivity contribution in [2.24, 2.45) is 0 Å². The van der Waals surface area contributed by atoms with E-state index in [-0.39, 0.29) is 30.5 Å². The Morgan fingerprint density at radius 1 is 1.32 bits per heavy atom. The Kier molecular flexibility index (Phi) is 5.42. The Balaban J connectivity index is 2.84. The fourth-order valence-electron chi connectivity index (χ4n) is 1.83. The van der Waals surface area contributed by atoms with Crippen LogP contribution in [0.15, 0.2) is 18.2 Å². The monoisotopic (exact) mass is 271 g/mol. The van der Waals surface area contributed by atoms with Crippen molar-refractivity contribution in [3.8, 4) is 0 Å². The van der Waals surface area contributed by atoms with Crippen LogP contribution in [0.3, 0.4) is 0 Å². The average Bonchev–Trinajstić information content (AvgIpc) is 2.31. The molecule has 0 spiro atoms. The lowest BCUT2D eigenvalue weighted by molar-refractivity contribution is -0.133. The molecule has 0 radical (unpaired) electrons. The van der Waals surface area contributed by atoms with Crippen LogP contribution in [0.4, 0.5) is 8.78 Å². The van der Waals surface area contributed by atoms with Gasteiger partial charge in [-0.25, -0.2) is 8.78 Å². The van der Waals surface area contributed by atoms with Gasteiger partial charge < -0.3 is 10.0 Å². The van der Waals surface area contributed by atoms with E-state index in [2.05, 4.69) is 0 Å². The van der Waals surface area contributed by atoms with E-state index in [4.69, 9.17) is 0 Å². The molecular weight excluding hydrogens is 252 g/mol. The van der Waals surface area contributed by atoms with Crippen molar-refractivity contribution in [2.75, 3.05) is 6.54 Å². The summed E-state index contributed by atoms with van der Waals surface area (Å²) in [6.07, 6.45) is -0.877. The summed E-state index contributed by atoms with van der Waals surface area (Å²) in [7, 11) is 0. The molecule has 19 heavy (non-hydrogen) atoms. The van der Waals surface area contributed by atoms with Gasteiger partial charge in [0.15, 0.2) is 11.6 Å². The highest BCUT2D eigenvalue weighted by Gasteiger charge is 2.20. The molecule has 106 valence electrons. The van der Waals surface area contributed by atoms with Crippen molar-refractivity contribution in [2.45, 2.75) is 39.3 Å². The van der Waals surface area contributed by atoms with Gasteiger partial charge in [-0.15, -0.1) is 0 Å². The molecule has 0 fully saturated rings. The third kappa shape index (κ3) is 4.28. The molecule has 0 aromatic heterocycles. The van der Waals surface area contributed by atoms with E-state index in [9.17, 15) is 18.7 Å². The molecule has 0 saturated heterocycles. The maximum absolute atomic E-state index is 13.5.